The summed E-state index contributed by atoms with van der Waals surface area (Å²) in [5, 5.41) is 9.21. The van der Waals surface area contributed by atoms with Crippen molar-refractivity contribution in [3.05, 3.63) is 113 Å². The van der Waals surface area contributed by atoms with Gasteiger partial charge in [-0.3, -0.25) is 9.59 Å². The second-order valence-electron chi connectivity index (χ2n) is 6.88. The molecular weight excluding hydrogens is 503 g/mol. The van der Waals surface area contributed by atoms with Crippen LogP contribution in [0.25, 0.3) is 12.2 Å². The maximum atomic E-state index is 10.7. The predicted octanol–water partition coefficient (Wildman–Crippen LogP) is 9.41. The molecule has 0 fully saturated rings. The lowest BCUT2D eigenvalue weighted by Crippen LogP contribution is -1.92. The van der Waals surface area contributed by atoms with Crippen molar-refractivity contribution in [2.75, 3.05) is 0 Å². The molecule has 0 saturated carbocycles. The van der Waals surface area contributed by atoms with E-state index in [1.165, 1.54) is 16.9 Å². The van der Waals surface area contributed by atoms with Gasteiger partial charge in [0.2, 0.25) is 0 Å². The van der Waals surface area contributed by atoms with E-state index in [-0.39, 0.29) is 0 Å². The van der Waals surface area contributed by atoms with Crippen molar-refractivity contribution >= 4 is 70.6 Å². The molecule has 2 aromatic carbocycles. The van der Waals surface area contributed by atoms with Crippen LogP contribution in [0.5, 0.6) is 0 Å². The number of hydrogen-bond donors (Lipinski definition) is 0. The first-order chi connectivity index (χ1) is 16.6. The van der Waals surface area contributed by atoms with Crippen LogP contribution in [0.15, 0.2) is 70.1 Å². The van der Waals surface area contributed by atoms with Crippen molar-refractivity contribution in [1.82, 2.24) is 0 Å². The Balaban J connectivity index is 0.000000224. The lowest BCUT2D eigenvalue weighted by Gasteiger charge is -2.01. The highest BCUT2D eigenvalue weighted by Crippen LogP contribution is 2.18. The zero-order valence-electron chi connectivity index (χ0n) is 19.0. The topological polar surface area (TPSA) is 34.1 Å². The predicted molar refractivity (Wildman–Crippen MR) is 150 cm³/mol. The highest BCUT2D eigenvalue weighted by molar-refractivity contribution is 7.08. The number of halogens is 2. The number of aldehydes is 2. The molecule has 0 radical (unpaired) electrons. The van der Waals surface area contributed by atoms with Crippen LogP contribution in [0.3, 0.4) is 0 Å². The van der Waals surface area contributed by atoms with E-state index < -0.39 is 0 Å². The standard InChI is InChI=1S/C13H11ClOS.C13H9ClOS.C2H6/c2*14-13-5-2-10(3-6-13)1-4-11-8-16-9-12(11)7-15;1-2/h2-3,5-9H,1,4H2;1-9H;1-2H3/b;4-1-;. The maximum absolute atomic E-state index is 10.7. The third-order valence-electron chi connectivity index (χ3n) is 4.68. The number of aryl methyl sites for hydroxylation is 2. The van der Waals surface area contributed by atoms with Gasteiger partial charge < -0.3 is 0 Å². The van der Waals surface area contributed by atoms with E-state index >= 15 is 0 Å². The lowest BCUT2D eigenvalue weighted by molar-refractivity contribution is 0.111. The monoisotopic (exact) mass is 528 g/mol. The summed E-state index contributed by atoms with van der Waals surface area (Å²) in [5.74, 6) is 0. The number of rotatable bonds is 7. The number of carbonyl (C=O) groups excluding carboxylic acids is 2. The van der Waals surface area contributed by atoms with E-state index in [4.69, 9.17) is 23.2 Å². The molecule has 0 bridgehead atoms. The van der Waals surface area contributed by atoms with E-state index in [9.17, 15) is 9.59 Å². The quantitative estimate of drug-likeness (QED) is 0.224. The second kappa shape index (κ2) is 15.4. The molecule has 0 amide bonds. The van der Waals surface area contributed by atoms with Gasteiger partial charge >= 0.3 is 0 Å². The summed E-state index contributed by atoms with van der Waals surface area (Å²) in [5.41, 5.74) is 5.94. The summed E-state index contributed by atoms with van der Waals surface area (Å²) in [6.07, 6.45) is 7.54. The van der Waals surface area contributed by atoms with Crippen LogP contribution in [0, 0.1) is 0 Å². The zero-order chi connectivity index (χ0) is 24.8. The first kappa shape index (κ1) is 27.7. The van der Waals surface area contributed by atoms with Gasteiger partial charge in [0, 0.05) is 31.9 Å². The molecule has 0 aliphatic carbocycles. The third kappa shape index (κ3) is 9.03. The number of thiophene rings is 2. The Morgan fingerprint density at radius 2 is 1.18 bits per heavy atom. The van der Waals surface area contributed by atoms with E-state index in [0.717, 1.165) is 63.3 Å². The first-order valence-electron chi connectivity index (χ1n) is 10.8. The molecule has 0 aliphatic rings. The molecule has 0 atom stereocenters. The van der Waals surface area contributed by atoms with Gasteiger partial charge in [0.05, 0.1) is 0 Å². The van der Waals surface area contributed by atoms with Crippen LogP contribution >= 0.6 is 45.9 Å². The molecule has 2 aromatic heterocycles. The minimum absolute atomic E-state index is 0.723. The molecular formula is C28H26Cl2O2S2. The Bertz CT molecular complexity index is 1170. The van der Waals surface area contributed by atoms with Crippen LogP contribution in [-0.2, 0) is 12.8 Å². The zero-order valence-corrected chi connectivity index (χ0v) is 22.2. The van der Waals surface area contributed by atoms with Gasteiger partial charge in [0.15, 0.2) is 12.6 Å². The minimum Gasteiger partial charge on any atom is -0.298 e. The van der Waals surface area contributed by atoms with Gasteiger partial charge in [-0.25, -0.2) is 0 Å². The molecule has 176 valence electrons. The van der Waals surface area contributed by atoms with Crippen LogP contribution in [0.2, 0.25) is 10.0 Å². The van der Waals surface area contributed by atoms with Crippen LogP contribution in [-0.4, -0.2) is 12.6 Å². The molecule has 6 heteroatoms. The van der Waals surface area contributed by atoms with Crippen molar-refractivity contribution in [3.63, 3.8) is 0 Å². The summed E-state index contributed by atoms with van der Waals surface area (Å²) in [6.45, 7) is 4.00. The van der Waals surface area contributed by atoms with Crippen molar-refractivity contribution in [1.29, 1.82) is 0 Å². The Kier molecular flexibility index (Phi) is 12.6. The van der Waals surface area contributed by atoms with Gasteiger partial charge in [-0.05, 0) is 70.1 Å². The molecule has 0 saturated heterocycles. The van der Waals surface area contributed by atoms with Gasteiger partial charge in [0.25, 0.3) is 0 Å². The highest BCUT2D eigenvalue weighted by Gasteiger charge is 2.03. The summed E-state index contributed by atoms with van der Waals surface area (Å²) >= 11 is 14.7. The maximum Gasteiger partial charge on any atom is 0.151 e. The Hall–Kier alpha value is -2.50. The Labute approximate surface area is 219 Å². The summed E-state index contributed by atoms with van der Waals surface area (Å²) < 4.78 is 0. The van der Waals surface area contributed by atoms with Crippen molar-refractivity contribution in [3.8, 4) is 0 Å². The Morgan fingerprint density at radius 1 is 0.647 bits per heavy atom. The molecule has 0 N–H and O–H groups in total. The molecule has 0 unspecified atom stereocenters. The fourth-order valence-corrected chi connectivity index (χ4v) is 4.74. The SMILES string of the molecule is CC.O=Cc1cscc1/C=C\c1ccc(Cl)cc1.O=Cc1cscc1CCc1ccc(Cl)cc1. The average molecular weight is 530 g/mol. The van der Waals surface area contributed by atoms with Gasteiger partial charge in [-0.2, -0.15) is 22.7 Å². The van der Waals surface area contributed by atoms with E-state index in [2.05, 4.69) is 0 Å². The van der Waals surface area contributed by atoms with Gasteiger partial charge in [-0.15, -0.1) is 0 Å². The summed E-state index contributed by atoms with van der Waals surface area (Å²) in [7, 11) is 0. The van der Waals surface area contributed by atoms with Crippen LogP contribution in [0.1, 0.15) is 56.8 Å². The molecule has 2 heterocycles. The average Bonchev–Trinajstić information content (AvgIpc) is 3.54. The lowest BCUT2D eigenvalue weighted by atomic mass is 10.0. The summed E-state index contributed by atoms with van der Waals surface area (Å²) in [4.78, 5) is 21.4. The highest BCUT2D eigenvalue weighted by atomic mass is 35.5. The van der Waals surface area contributed by atoms with Crippen molar-refractivity contribution < 1.29 is 9.59 Å². The molecule has 4 rings (SSSR count). The van der Waals surface area contributed by atoms with Crippen LogP contribution in [0.4, 0.5) is 0 Å². The van der Waals surface area contributed by atoms with Crippen LogP contribution < -0.4 is 0 Å². The van der Waals surface area contributed by atoms with Crippen molar-refractivity contribution in [2.24, 2.45) is 0 Å². The fourth-order valence-electron chi connectivity index (χ4n) is 2.88. The summed E-state index contributed by atoms with van der Waals surface area (Å²) in [6, 6.07) is 15.4. The number of carbonyl (C=O) groups is 2. The fraction of sp³-hybridized carbons (Fsp3) is 0.143. The van der Waals surface area contributed by atoms with E-state index in [0.29, 0.717) is 0 Å². The van der Waals surface area contributed by atoms with Gasteiger partial charge in [-0.1, -0.05) is 73.5 Å². The molecule has 34 heavy (non-hydrogen) atoms. The largest absolute Gasteiger partial charge is 0.298 e. The smallest absolute Gasteiger partial charge is 0.151 e. The molecule has 2 nitrogen and oxygen atoms in total. The number of benzene rings is 2. The van der Waals surface area contributed by atoms with Crippen molar-refractivity contribution in [2.45, 2.75) is 26.7 Å². The second-order valence-corrected chi connectivity index (χ2v) is 9.24. The van der Waals surface area contributed by atoms with E-state index in [1.54, 1.807) is 11.3 Å². The number of hydrogen-bond acceptors (Lipinski definition) is 4. The van der Waals surface area contributed by atoms with Gasteiger partial charge in [0.1, 0.15) is 0 Å². The molecule has 4 aromatic rings. The molecule has 0 spiro atoms. The van der Waals surface area contributed by atoms with E-state index in [1.807, 2.05) is 96.1 Å². The minimum atomic E-state index is 0.723. The molecule has 0 aliphatic heterocycles. The first-order valence-corrected chi connectivity index (χ1v) is 13.4. The third-order valence-corrected chi connectivity index (χ3v) is 6.77. The normalized spacial score (nSPS) is 10.1. The Morgan fingerprint density at radius 3 is 1.79 bits per heavy atom.